The van der Waals surface area contributed by atoms with Crippen molar-refractivity contribution in [1.82, 2.24) is 9.38 Å². The Kier molecular flexibility index (Phi) is 1.82. The van der Waals surface area contributed by atoms with Crippen molar-refractivity contribution in [2.75, 3.05) is 0 Å². The molecule has 0 fully saturated rings. The van der Waals surface area contributed by atoms with Crippen LogP contribution in [0.5, 0.6) is 0 Å². The summed E-state index contributed by atoms with van der Waals surface area (Å²) in [6.07, 6.45) is 3.84. The van der Waals surface area contributed by atoms with Gasteiger partial charge in [-0.15, -0.1) is 11.3 Å². The number of thiazole rings is 1. The van der Waals surface area contributed by atoms with Gasteiger partial charge in [0.25, 0.3) is 0 Å². The van der Waals surface area contributed by atoms with Crippen molar-refractivity contribution in [3.05, 3.63) is 47.9 Å². The third-order valence-electron chi connectivity index (χ3n) is 2.21. The normalized spacial score (nSPS) is 11.0. The SMILES string of the molecule is Fc1cccc(-c2cn3ccsc3n2)c1. The second-order valence-corrected chi connectivity index (χ2v) is 4.10. The number of imidazole rings is 1. The van der Waals surface area contributed by atoms with Crippen LogP contribution in [0.25, 0.3) is 16.2 Å². The number of rotatable bonds is 1. The molecule has 0 radical (unpaired) electrons. The molecule has 1 aromatic carbocycles. The molecule has 2 heterocycles. The minimum absolute atomic E-state index is 0.233. The highest BCUT2D eigenvalue weighted by atomic mass is 32.1. The molecule has 2 nitrogen and oxygen atoms in total. The molecule has 0 N–H and O–H groups in total. The molecule has 0 spiro atoms. The number of hydrogen-bond acceptors (Lipinski definition) is 2. The molecule has 0 saturated carbocycles. The maximum absolute atomic E-state index is 13.0. The second kappa shape index (κ2) is 3.17. The number of hydrogen-bond donors (Lipinski definition) is 0. The summed E-state index contributed by atoms with van der Waals surface area (Å²) in [5.41, 5.74) is 1.62. The Bertz CT molecular complexity index is 583. The van der Waals surface area contributed by atoms with Crippen molar-refractivity contribution in [2.45, 2.75) is 0 Å². The van der Waals surface area contributed by atoms with Gasteiger partial charge in [-0.25, -0.2) is 9.37 Å². The van der Waals surface area contributed by atoms with Gasteiger partial charge in [0, 0.05) is 23.3 Å². The first-order valence-corrected chi connectivity index (χ1v) is 5.39. The molecule has 0 aliphatic carbocycles. The fourth-order valence-electron chi connectivity index (χ4n) is 1.51. The fourth-order valence-corrected chi connectivity index (χ4v) is 2.21. The summed E-state index contributed by atoms with van der Waals surface area (Å²) < 4.78 is 14.9. The first kappa shape index (κ1) is 8.61. The first-order valence-electron chi connectivity index (χ1n) is 4.51. The van der Waals surface area contributed by atoms with E-state index in [9.17, 15) is 4.39 Å². The van der Waals surface area contributed by atoms with E-state index in [1.807, 2.05) is 28.2 Å². The van der Waals surface area contributed by atoms with Crippen molar-refractivity contribution in [3.8, 4) is 11.3 Å². The monoisotopic (exact) mass is 218 g/mol. The van der Waals surface area contributed by atoms with Crippen LogP contribution in [-0.2, 0) is 0 Å². The lowest BCUT2D eigenvalue weighted by atomic mass is 10.2. The molecule has 0 bridgehead atoms. The second-order valence-electron chi connectivity index (χ2n) is 3.23. The van der Waals surface area contributed by atoms with Gasteiger partial charge in [-0.3, -0.25) is 4.40 Å². The quantitative estimate of drug-likeness (QED) is 0.613. The van der Waals surface area contributed by atoms with Gasteiger partial charge in [-0.1, -0.05) is 12.1 Å². The molecule has 3 aromatic rings. The van der Waals surface area contributed by atoms with E-state index in [1.165, 1.54) is 12.1 Å². The van der Waals surface area contributed by atoms with E-state index in [1.54, 1.807) is 17.4 Å². The zero-order chi connectivity index (χ0) is 10.3. The van der Waals surface area contributed by atoms with Crippen molar-refractivity contribution in [2.24, 2.45) is 0 Å². The lowest BCUT2D eigenvalue weighted by Crippen LogP contribution is -1.78. The molecule has 0 aliphatic heterocycles. The van der Waals surface area contributed by atoms with Gasteiger partial charge >= 0.3 is 0 Å². The van der Waals surface area contributed by atoms with Gasteiger partial charge < -0.3 is 0 Å². The third kappa shape index (κ3) is 1.43. The number of fused-ring (bicyclic) bond motifs is 1. The summed E-state index contributed by atoms with van der Waals surface area (Å²) in [5.74, 6) is -0.233. The van der Waals surface area contributed by atoms with Crippen LogP contribution >= 0.6 is 11.3 Å². The smallest absolute Gasteiger partial charge is 0.194 e. The highest BCUT2D eigenvalue weighted by molar-refractivity contribution is 7.15. The topological polar surface area (TPSA) is 17.3 Å². The predicted octanol–water partition coefficient (Wildman–Crippen LogP) is 3.20. The zero-order valence-corrected chi connectivity index (χ0v) is 8.54. The van der Waals surface area contributed by atoms with Crippen molar-refractivity contribution in [3.63, 3.8) is 0 Å². The van der Waals surface area contributed by atoms with Crippen LogP contribution < -0.4 is 0 Å². The highest BCUT2D eigenvalue weighted by Crippen LogP contribution is 2.21. The van der Waals surface area contributed by atoms with Crippen LogP contribution in [0, 0.1) is 5.82 Å². The third-order valence-corrected chi connectivity index (χ3v) is 2.98. The average molecular weight is 218 g/mol. The molecule has 15 heavy (non-hydrogen) atoms. The Hall–Kier alpha value is -1.68. The maximum Gasteiger partial charge on any atom is 0.194 e. The van der Waals surface area contributed by atoms with Crippen LogP contribution in [0.15, 0.2) is 42.0 Å². The number of nitrogens with zero attached hydrogens (tertiary/aromatic N) is 2. The van der Waals surface area contributed by atoms with Gasteiger partial charge in [0.05, 0.1) is 5.69 Å². The van der Waals surface area contributed by atoms with Crippen molar-refractivity contribution >= 4 is 16.3 Å². The summed E-state index contributed by atoms with van der Waals surface area (Å²) in [6, 6.07) is 6.47. The van der Waals surface area contributed by atoms with Gasteiger partial charge in [0.2, 0.25) is 0 Å². The van der Waals surface area contributed by atoms with Crippen LogP contribution in [0.4, 0.5) is 4.39 Å². The fraction of sp³-hybridized carbons (Fsp3) is 0. The largest absolute Gasteiger partial charge is 0.297 e. The Labute approximate surface area is 89.6 Å². The summed E-state index contributed by atoms with van der Waals surface area (Å²) in [7, 11) is 0. The van der Waals surface area contributed by atoms with Crippen LogP contribution in [0.1, 0.15) is 0 Å². The van der Waals surface area contributed by atoms with Gasteiger partial charge in [-0.2, -0.15) is 0 Å². The Morgan fingerprint density at radius 3 is 3.07 bits per heavy atom. The van der Waals surface area contributed by atoms with E-state index < -0.39 is 0 Å². The molecular formula is C11H7FN2S. The van der Waals surface area contributed by atoms with Crippen LogP contribution in [0.2, 0.25) is 0 Å². The Balaban J connectivity index is 2.17. The highest BCUT2D eigenvalue weighted by Gasteiger charge is 2.05. The van der Waals surface area contributed by atoms with Gasteiger partial charge in [0.15, 0.2) is 4.96 Å². The Morgan fingerprint density at radius 2 is 2.27 bits per heavy atom. The van der Waals surface area contributed by atoms with Crippen molar-refractivity contribution in [1.29, 1.82) is 0 Å². The zero-order valence-electron chi connectivity index (χ0n) is 7.72. The van der Waals surface area contributed by atoms with Crippen molar-refractivity contribution < 1.29 is 4.39 Å². The molecule has 2 aromatic heterocycles. The number of benzene rings is 1. The van der Waals surface area contributed by atoms with E-state index >= 15 is 0 Å². The minimum Gasteiger partial charge on any atom is -0.297 e. The molecule has 0 unspecified atom stereocenters. The van der Waals surface area contributed by atoms with E-state index in [0.29, 0.717) is 0 Å². The summed E-state index contributed by atoms with van der Waals surface area (Å²) in [6.45, 7) is 0. The molecule has 3 rings (SSSR count). The summed E-state index contributed by atoms with van der Waals surface area (Å²) in [5, 5.41) is 1.97. The predicted molar refractivity (Wildman–Crippen MR) is 58.5 cm³/mol. The first-order chi connectivity index (χ1) is 7.33. The standard InChI is InChI=1S/C11H7FN2S/c12-9-3-1-2-8(6-9)10-7-14-4-5-15-11(14)13-10/h1-7H. The molecule has 0 saturated heterocycles. The average Bonchev–Trinajstić information content (AvgIpc) is 2.76. The molecule has 0 aliphatic rings. The number of aromatic nitrogens is 2. The van der Waals surface area contributed by atoms with Crippen LogP contribution in [0.3, 0.4) is 0 Å². The minimum atomic E-state index is -0.233. The molecule has 0 amide bonds. The van der Waals surface area contributed by atoms with Gasteiger partial charge in [0.1, 0.15) is 5.82 Å². The lowest BCUT2D eigenvalue weighted by Gasteiger charge is -1.94. The maximum atomic E-state index is 13.0. The molecule has 74 valence electrons. The van der Waals surface area contributed by atoms with Crippen LogP contribution in [-0.4, -0.2) is 9.38 Å². The summed E-state index contributed by atoms with van der Waals surface area (Å²) >= 11 is 1.57. The van der Waals surface area contributed by atoms with E-state index in [4.69, 9.17) is 0 Å². The van der Waals surface area contributed by atoms with E-state index in [0.717, 1.165) is 16.2 Å². The lowest BCUT2D eigenvalue weighted by molar-refractivity contribution is 0.628. The van der Waals surface area contributed by atoms with E-state index in [-0.39, 0.29) is 5.82 Å². The molecule has 4 heteroatoms. The van der Waals surface area contributed by atoms with E-state index in [2.05, 4.69) is 4.98 Å². The molecular weight excluding hydrogens is 211 g/mol. The summed E-state index contributed by atoms with van der Waals surface area (Å²) in [4.78, 5) is 5.32. The van der Waals surface area contributed by atoms with Gasteiger partial charge in [-0.05, 0) is 12.1 Å². The Morgan fingerprint density at radius 1 is 1.33 bits per heavy atom. The number of halogens is 1. The molecule has 0 atom stereocenters.